The van der Waals surface area contributed by atoms with Crippen molar-refractivity contribution in [3.8, 4) is 0 Å². The molecule has 15 heavy (non-hydrogen) atoms. The highest BCUT2D eigenvalue weighted by Crippen LogP contribution is 2.25. The third-order valence-corrected chi connectivity index (χ3v) is 3.63. The first-order valence-corrected chi connectivity index (χ1v) is 6.21. The monoisotopic (exact) mass is 268 g/mol. The average Bonchev–Trinajstić information content (AvgIpc) is 2.64. The first kappa shape index (κ1) is 11.1. The van der Waals surface area contributed by atoms with E-state index in [2.05, 4.69) is 52.0 Å². The number of nitrogens with two attached hydrogens (primary N) is 1. The van der Waals surface area contributed by atoms with Crippen LogP contribution in [0.4, 0.5) is 0 Å². The molecule has 1 saturated heterocycles. The van der Waals surface area contributed by atoms with Crippen molar-refractivity contribution in [2.45, 2.75) is 25.4 Å². The second-order valence-electron chi connectivity index (χ2n) is 4.27. The Balaban J connectivity index is 2.10. The third kappa shape index (κ3) is 2.60. The number of halogens is 1. The third-order valence-electron chi connectivity index (χ3n) is 3.13. The number of benzene rings is 1. The van der Waals surface area contributed by atoms with Gasteiger partial charge in [0.2, 0.25) is 0 Å². The molecule has 3 heteroatoms. The van der Waals surface area contributed by atoms with Crippen LogP contribution in [0.3, 0.4) is 0 Å². The van der Waals surface area contributed by atoms with E-state index in [0.29, 0.717) is 12.1 Å². The van der Waals surface area contributed by atoms with Crippen LogP contribution in [0.15, 0.2) is 28.7 Å². The van der Waals surface area contributed by atoms with E-state index in [-0.39, 0.29) is 0 Å². The van der Waals surface area contributed by atoms with E-state index in [1.54, 1.807) is 0 Å². The lowest BCUT2D eigenvalue weighted by Crippen LogP contribution is -2.28. The van der Waals surface area contributed by atoms with Crippen molar-refractivity contribution in [2.24, 2.45) is 5.73 Å². The fraction of sp³-hybridized carbons (Fsp3) is 0.500. The summed E-state index contributed by atoms with van der Waals surface area (Å²) < 4.78 is 1.15. The van der Waals surface area contributed by atoms with E-state index < -0.39 is 0 Å². The molecule has 1 aromatic rings. The molecular formula is C12H17BrN2. The molecule has 2 atom stereocenters. The molecule has 0 aliphatic carbocycles. The maximum atomic E-state index is 5.92. The number of likely N-dealkylation sites (tertiary alicyclic amines) is 1. The molecule has 0 radical (unpaired) electrons. The molecule has 1 fully saturated rings. The maximum absolute atomic E-state index is 5.92. The first-order chi connectivity index (χ1) is 7.16. The fourth-order valence-corrected chi connectivity index (χ4v) is 2.56. The van der Waals surface area contributed by atoms with E-state index in [4.69, 9.17) is 5.73 Å². The lowest BCUT2D eigenvalue weighted by atomic mass is 10.1. The summed E-state index contributed by atoms with van der Waals surface area (Å²) in [5.41, 5.74) is 7.28. The number of hydrogen-bond donors (Lipinski definition) is 1. The van der Waals surface area contributed by atoms with Crippen molar-refractivity contribution in [3.63, 3.8) is 0 Å². The topological polar surface area (TPSA) is 29.3 Å². The Kier molecular flexibility index (Phi) is 3.44. The second-order valence-corrected chi connectivity index (χ2v) is 5.19. The van der Waals surface area contributed by atoms with Gasteiger partial charge >= 0.3 is 0 Å². The van der Waals surface area contributed by atoms with E-state index >= 15 is 0 Å². The molecule has 82 valence electrons. The minimum Gasteiger partial charge on any atom is -0.326 e. The predicted octanol–water partition coefficient (Wildman–Crippen LogP) is 2.54. The van der Waals surface area contributed by atoms with E-state index in [1.165, 1.54) is 5.56 Å². The van der Waals surface area contributed by atoms with Crippen molar-refractivity contribution in [2.75, 3.05) is 13.1 Å². The average molecular weight is 269 g/mol. The highest BCUT2D eigenvalue weighted by molar-refractivity contribution is 9.10. The van der Waals surface area contributed by atoms with Crippen LogP contribution >= 0.6 is 15.9 Å². The number of rotatable bonds is 2. The molecule has 1 aliphatic heterocycles. The summed E-state index contributed by atoms with van der Waals surface area (Å²) in [7, 11) is 0. The smallest absolute Gasteiger partial charge is 0.0320 e. The van der Waals surface area contributed by atoms with Gasteiger partial charge in [0.05, 0.1) is 0 Å². The van der Waals surface area contributed by atoms with Gasteiger partial charge in [-0.3, -0.25) is 4.90 Å². The molecule has 0 amide bonds. The Morgan fingerprint density at radius 3 is 2.93 bits per heavy atom. The molecule has 0 spiro atoms. The molecule has 1 aromatic carbocycles. The zero-order valence-electron chi connectivity index (χ0n) is 8.99. The zero-order valence-corrected chi connectivity index (χ0v) is 10.6. The summed E-state index contributed by atoms with van der Waals surface area (Å²) in [4.78, 5) is 2.45. The van der Waals surface area contributed by atoms with Crippen LogP contribution in [-0.4, -0.2) is 24.0 Å². The van der Waals surface area contributed by atoms with Crippen LogP contribution < -0.4 is 5.73 Å². The van der Waals surface area contributed by atoms with Gasteiger partial charge in [-0.25, -0.2) is 0 Å². The summed E-state index contributed by atoms with van der Waals surface area (Å²) in [6.07, 6.45) is 1.12. The van der Waals surface area contributed by atoms with Crippen LogP contribution in [0.5, 0.6) is 0 Å². The van der Waals surface area contributed by atoms with Gasteiger partial charge in [0.25, 0.3) is 0 Å². The summed E-state index contributed by atoms with van der Waals surface area (Å²) in [5, 5.41) is 0. The van der Waals surface area contributed by atoms with Crippen molar-refractivity contribution in [3.05, 3.63) is 34.3 Å². The Morgan fingerprint density at radius 1 is 1.53 bits per heavy atom. The number of nitrogens with zero attached hydrogens (tertiary/aromatic N) is 1. The quantitative estimate of drug-likeness (QED) is 0.894. The van der Waals surface area contributed by atoms with E-state index in [9.17, 15) is 0 Å². The zero-order chi connectivity index (χ0) is 10.8. The lowest BCUT2D eigenvalue weighted by Gasteiger charge is -2.24. The molecule has 0 saturated carbocycles. The summed E-state index contributed by atoms with van der Waals surface area (Å²) >= 11 is 3.51. The fourth-order valence-electron chi connectivity index (χ4n) is 2.14. The molecule has 2 unspecified atom stereocenters. The molecule has 0 aromatic heterocycles. The minimum atomic E-state index is 0.361. The van der Waals surface area contributed by atoms with Gasteiger partial charge in [0, 0.05) is 29.6 Å². The first-order valence-electron chi connectivity index (χ1n) is 5.42. The van der Waals surface area contributed by atoms with Crippen LogP contribution in [0.25, 0.3) is 0 Å². The molecule has 1 heterocycles. The van der Waals surface area contributed by atoms with E-state index in [0.717, 1.165) is 24.0 Å². The molecule has 1 aliphatic rings. The van der Waals surface area contributed by atoms with Gasteiger partial charge in [-0.2, -0.15) is 0 Å². The molecule has 2 rings (SSSR count). The SMILES string of the molecule is CC(c1cccc(Br)c1)N1CCC(N)C1. The Morgan fingerprint density at radius 2 is 2.33 bits per heavy atom. The molecule has 2 nitrogen and oxygen atoms in total. The summed E-state index contributed by atoms with van der Waals surface area (Å²) in [5.74, 6) is 0. The number of hydrogen-bond acceptors (Lipinski definition) is 2. The second kappa shape index (κ2) is 4.64. The Bertz CT molecular complexity index is 340. The highest BCUT2D eigenvalue weighted by atomic mass is 79.9. The van der Waals surface area contributed by atoms with Gasteiger partial charge in [-0.05, 0) is 31.0 Å². The van der Waals surface area contributed by atoms with Gasteiger partial charge in [-0.15, -0.1) is 0 Å². The normalized spacial score (nSPS) is 24.3. The van der Waals surface area contributed by atoms with Crippen LogP contribution in [0, 0.1) is 0 Å². The standard InChI is InChI=1S/C12H17BrN2/c1-9(15-6-5-12(14)8-15)10-3-2-4-11(13)7-10/h2-4,7,9,12H,5-6,8,14H2,1H3. The van der Waals surface area contributed by atoms with Crippen molar-refractivity contribution >= 4 is 15.9 Å². The predicted molar refractivity (Wildman–Crippen MR) is 66.7 cm³/mol. The molecular weight excluding hydrogens is 252 g/mol. The Labute approximate surface area is 99.6 Å². The minimum absolute atomic E-state index is 0.361. The largest absolute Gasteiger partial charge is 0.326 e. The van der Waals surface area contributed by atoms with Crippen LogP contribution in [-0.2, 0) is 0 Å². The molecule has 2 N–H and O–H groups in total. The van der Waals surface area contributed by atoms with Gasteiger partial charge in [0.1, 0.15) is 0 Å². The van der Waals surface area contributed by atoms with Crippen LogP contribution in [0.1, 0.15) is 24.9 Å². The van der Waals surface area contributed by atoms with Crippen molar-refractivity contribution in [1.29, 1.82) is 0 Å². The van der Waals surface area contributed by atoms with Gasteiger partial charge in [-0.1, -0.05) is 28.1 Å². The maximum Gasteiger partial charge on any atom is 0.0320 e. The van der Waals surface area contributed by atoms with Crippen molar-refractivity contribution in [1.82, 2.24) is 4.90 Å². The van der Waals surface area contributed by atoms with Gasteiger partial charge < -0.3 is 5.73 Å². The van der Waals surface area contributed by atoms with Crippen molar-refractivity contribution < 1.29 is 0 Å². The van der Waals surface area contributed by atoms with Crippen LogP contribution in [0.2, 0.25) is 0 Å². The summed E-state index contributed by atoms with van der Waals surface area (Å²) in [6, 6.07) is 9.35. The van der Waals surface area contributed by atoms with E-state index in [1.807, 2.05) is 0 Å². The molecule has 0 bridgehead atoms. The van der Waals surface area contributed by atoms with Gasteiger partial charge in [0.15, 0.2) is 0 Å². The highest BCUT2D eigenvalue weighted by Gasteiger charge is 2.24. The Hall–Kier alpha value is -0.380. The lowest BCUT2D eigenvalue weighted by molar-refractivity contribution is 0.260. The summed E-state index contributed by atoms with van der Waals surface area (Å²) in [6.45, 7) is 4.39.